The van der Waals surface area contributed by atoms with E-state index in [0.29, 0.717) is 18.0 Å². The van der Waals surface area contributed by atoms with E-state index in [1.165, 1.54) is 0 Å². The van der Waals surface area contributed by atoms with E-state index in [4.69, 9.17) is 0 Å². The fraction of sp³-hybridized carbons (Fsp3) is 0.533. The van der Waals surface area contributed by atoms with Crippen molar-refractivity contribution in [2.45, 2.75) is 18.6 Å². The van der Waals surface area contributed by atoms with E-state index in [1.807, 2.05) is 0 Å². The summed E-state index contributed by atoms with van der Waals surface area (Å²) in [6.45, 7) is 2.55. The zero-order valence-corrected chi connectivity index (χ0v) is 16.0. The third-order valence-electron chi connectivity index (χ3n) is 3.69. The Bertz CT molecular complexity index is 602. The Balaban J connectivity index is 0.00000264. The molecule has 1 unspecified atom stereocenters. The number of rotatable bonds is 7. The van der Waals surface area contributed by atoms with Crippen LogP contribution in [0.4, 0.5) is 0 Å². The van der Waals surface area contributed by atoms with Gasteiger partial charge in [-0.15, -0.1) is 12.4 Å². The second kappa shape index (κ2) is 9.61. The first-order chi connectivity index (χ1) is 10.4. The molecule has 0 aromatic heterocycles. The molecule has 1 aromatic carbocycles. The number of sulfone groups is 1. The highest BCUT2D eigenvalue weighted by Gasteiger charge is 2.18. The summed E-state index contributed by atoms with van der Waals surface area (Å²) in [6.07, 6.45) is 2.02. The van der Waals surface area contributed by atoms with Crippen molar-refractivity contribution in [1.29, 1.82) is 0 Å². The molecule has 1 heterocycles. The summed E-state index contributed by atoms with van der Waals surface area (Å²) in [6, 6.07) is 7.07. The van der Waals surface area contributed by atoms with Gasteiger partial charge in [-0.3, -0.25) is 4.79 Å². The minimum absolute atomic E-state index is 0. The quantitative estimate of drug-likeness (QED) is 0.700. The van der Waals surface area contributed by atoms with Crippen LogP contribution >= 0.6 is 28.3 Å². The SMILES string of the molecule is Cl.O=C(CS(=O)(=O)Cc1ccc(Br)cc1)NCCC1CCNC1. The van der Waals surface area contributed by atoms with Crippen LogP contribution in [0.2, 0.25) is 0 Å². The van der Waals surface area contributed by atoms with E-state index < -0.39 is 21.5 Å². The average molecular weight is 426 g/mol. The summed E-state index contributed by atoms with van der Waals surface area (Å²) < 4.78 is 25.0. The highest BCUT2D eigenvalue weighted by atomic mass is 79.9. The van der Waals surface area contributed by atoms with Crippen LogP contribution in [0.5, 0.6) is 0 Å². The Labute approximate surface area is 152 Å². The van der Waals surface area contributed by atoms with Gasteiger partial charge >= 0.3 is 0 Å². The van der Waals surface area contributed by atoms with E-state index in [-0.39, 0.29) is 18.2 Å². The first-order valence-electron chi connectivity index (χ1n) is 7.37. The smallest absolute Gasteiger partial charge is 0.235 e. The number of carbonyl (C=O) groups is 1. The average Bonchev–Trinajstić information content (AvgIpc) is 2.93. The van der Waals surface area contributed by atoms with Gasteiger partial charge in [0, 0.05) is 11.0 Å². The molecule has 1 aromatic rings. The summed E-state index contributed by atoms with van der Waals surface area (Å²) in [7, 11) is -3.44. The number of amides is 1. The molecule has 1 aliphatic heterocycles. The summed E-state index contributed by atoms with van der Waals surface area (Å²) in [5, 5.41) is 5.98. The standard InChI is InChI=1S/C15H21BrN2O3S.ClH/c16-14-3-1-13(2-4-14)10-22(20,21)11-15(19)18-8-6-12-5-7-17-9-12;/h1-4,12,17H,5-11H2,(H,18,19);1H. The van der Waals surface area contributed by atoms with Crippen LogP contribution in [0.25, 0.3) is 0 Å². The molecule has 1 amide bonds. The Hall–Kier alpha value is -0.630. The maximum atomic E-state index is 12.0. The van der Waals surface area contributed by atoms with Crippen LogP contribution in [0.15, 0.2) is 28.7 Å². The molecule has 130 valence electrons. The number of carbonyl (C=O) groups excluding carboxylic acids is 1. The van der Waals surface area contributed by atoms with Crippen molar-refractivity contribution in [3.05, 3.63) is 34.3 Å². The van der Waals surface area contributed by atoms with Crippen molar-refractivity contribution in [3.8, 4) is 0 Å². The van der Waals surface area contributed by atoms with E-state index in [0.717, 1.165) is 30.4 Å². The Morgan fingerprint density at radius 2 is 2.00 bits per heavy atom. The summed E-state index contributed by atoms with van der Waals surface area (Å²) >= 11 is 3.30. The predicted molar refractivity (Wildman–Crippen MR) is 97.5 cm³/mol. The van der Waals surface area contributed by atoms with Crippen LogP contribution in [-0.4, -0.2) is 39.7 Å². The molecular weight excluding hydrogens is 404 g/mol. The third kappa shape index (κ3) is 7.65. The topological polar surface area (TPSA) is 75.3 Å². The molecule has 5 nitrogen and oxygen atoms in total. The van der Waals surface area contributed by atoms with Crippen LogP contribution < -0.4 is 10.6 Å². The molecule has 0 radical (unpaired) electrons. The lowest BCUT2D eigenvalue weighted by Gasteiger charge is -2.10. The third-order valence-corrected chi connectivity index (χ3v) is 5.69. The molecule has 1 saturated heterocycles. The largest absolute Gasteiger partial charge is 0.355 e. The fourth-order valence-corrected chi connectivity index (χ4v) is 4.08. The van der Waals surface area contributed by atoms with Crippen LogP contribution in [0.1, 0.15) is 18.4 Å². The lowest BCUT2D eigenvalue weighted by atomic mass is 10.1. The molecule has 2 N–H and O–H groups in total. The molecule has 23 heavy (non-hydrogen) atoms. The normalized spacial score (nSPS) is 17.5. The van der Waals surface area contributed by atoms with Crippen molar-refractivity contribution in [3.63, 3.8) is 0 Å². The highest BCUT2D eigenvalue weighted by Crippen LogP contribution is 2.13. The molecule has 0 bridgehead atoms. The number of hydrogen-bond donors (Lipinski definition) is 2. The number of nitrogens with one attached hydrogen (secondary N) is 2. The molecule has 2 rings (SSSR count). The Kier molecular flexibility index (Phi) is 8.53. The van der Waals surface area contributed by atoms with E-state index in [1.54, 1.807) is 24.3 Å². The van der Waals surface area contributed by atoms with Crippen LogP contribution in [0, 0.1) is 5.92 Å². The first kappa shape index (κ1) is 20.4. The lowest BCUT2D eigenvalue weighted by Crippen LogP contribution is -2.32. The van der Waals surface area contributed by atoms with E-state index in [9.17, 15) is 13.2 Å². The first-order valence-corrected chi connectivity index (χ1v) is 9.98. The summed E-state index contributed by atoms with van der Waals surface area (Å²) in [5.41, 5.74) is 0.688. The zero-order chi connectivity index (χ0) is 16.0. The number of benzene rings is 1. The second-order valence-electron chi connectivity index (χ2n) is 5.66. The maximum Gasteiger partial charge on any atom is 0.235 e. The fourth-order valence-electron chi connectivity index (χ4n) is 2.51. The molecule has 1 fully saturated rings. The molecule has 0 saturated carbocycles. The monoisotopic (exact) mass is 424 g/mol. The maximum absolute atomic E-state index is 12.0. The van der Waals surface area contributed by atoms with Crippen LogP contribution in [0.3, 0.4) is 0 Å². The number of hydrogen-bond acceptors (Lipinski definition) is 4. The Morgan fingerprint density at radius 1 is 1.30 bits per heavy atom. The zero-order valence-electron chi connectivity index (χ0n) is 12.8. The minimum Gasteiger partial charge on any atom is -0.355 e. The van der Waals surface area contributed by atoms with Gasteiger partial charge in [0.1, 0.15) is 5.75 Å². The van der Waals surface area contributed by atoms with Crippen molar-refractivity contribution in [2.75, 3.05) is 25.4 Å². The summed E-state index contributed by atoms with van der Waals surface area (Å²) in [5.74, 6) is -0.394. The van der Waals surface area contributed by atoms with Gasteiger partial charge in [-0.2, -0.15) is 0 Å². The predicted octanol–water partition coefficient (Wildman–Crippen LogP) is 1.90. The van der Waals surface area contributed by atoms with Gasteiger partial charge in [-0.25, -0.2) is 8.42 Å². The van der Waals surface area contributed by atoms with Gasteiger partial charge in [0.15, 0.2) is 9.84 Å². The molecule has 0 spiro atoms. The van der Waals surface area contributed by atoms with Crippen molar-refractivity contribution < 1.29 is 13.2 Å². The van der Waals surface area contributed by atoms with Gasteiger partial charge in [0.05, 0.1) is 5.75 Å². The minimum atomic E-state index is -3.44. The molecule has 8 heteroatoms. The van der Waals surface area contributed by atoms with Gasteiger partial charge in [0.25, 0.3) is 0 Å². The van der Waals surface area contributed by atoms with Crippen LogP contribution in [-0.2, 0) is 20.4 Å². The lowest BCUT2D eigenvalue weighted by molar-refractivity contribution is -0.118. The molecule has 1 atom stereocenters. The van der Waals surface area contributed by atoms with Gasteiger partial charge in [-0.1, -0.05) is 28.1 Å². The van der Waals surface area contributed by atoms with Crippen molar-refractivity contribution in [1.82, 2.24) is 10.6 Å². The van der Waals surface area contributed by atoms with Crippen molar-refractivity contribution >= 4 is 44.1 Å². The van der Waals surface area contributed by atoms with Gasteiger partial charge in [-0.05, 0) is 49.5 Å². The Morgan fingerprint density at radius 3 is 2.61 bits per heavy atom. The molecular formula is C15H22BrClN2O3S. The van der Waals surface area contributed by atoms with Gasteiger partial charge < -0.3 is 10.6 Å². The van der Waals surface area contributed by atoms with E-state index in [2.05, 4.69) is 26.6 Å². The van der Waals surface area contributed by atoms with E-state index >= 15 is 0 Å². The second-order valence-corrected chi connectivity index (χ2v) is 8.64. The summed E-state index contributed by atoms with van der Waals surface area (Å²) in [4.78, 5) is 11.8. The number of halogens is 2. The molecule has 1 aliphatic rings. The van der Waals surface area contributed by atoms with Crippen molar-refractivity contribution in [2.24, 2.45) is 5.92 Å². The molecule has 0 aliphatic carbocycles. The highest BCUT2D eigenvalue weighted by molar-refractivity contribution is 9.10. The van der Waals surface area contributed by atoms with Gasteiger partial charge in [0.2, 0.25) is 5.91 Å².